The SMILES string of the molecule is O=Cc1ccc2cc(OCCCOc3ccc(O)cc3)ccc2c1. The van der Waals surface area contributed by atoms with Gasteiger partial charge in [-0.2, -0.15) is 0 Å². The minimum absolute atomic E-state index is 0.224. The Labute approximate surface area is 140 Å². The molecule has 0 amide bonds. The summed E-state index contributed by atoms with van der Waals surface area (Å²) in [5.41, 5.74) is 0.669. The number of rotatable bonds is 7. The molecule has 0 saturated heterocycles. The molecule has 0 atom stereocenters. The number of phenols is 1. The van der Waals surface area contributed by atoms with E-state index in [1.165, 1.54) is 0 Å². The van der Waals surface area contributed by atoms with Gasteiger partial charge in [0.05, 0.1) is 13.2 Å². The molecule has 0 spiro atoms. The minimum atomic E-state index is 0.224. The summed E-state index contributed by atoms with van der Waals surface area (Å²) in [6, 6.07) is 18.0. The second kappa shape index (κ2) is 7.51. The Kier molecular flexibility index (Phi) is 4.96. The van der Waals surface area contributed by atoms with E-state index in [1.54, 1.807) is 30.3 Å². The molecule has 122 valence electrons. The Morgan fingerprint density at radius 2 is 1.42 bits per heavy atom. The Hall–Kier alpha value is -3.01. The zero-order chi connectivity index (χ0) is 16.8. The molecule has 0 fully saturated rings. The summed E-state index contributed by atoms with van der Waals surface area (Å²) in [4.78, 5) is 10.8. The topological polar surface area (TPSA) is 55.8 Å². The zero-order valence-corrected chi connectivity index (χ0v) is 13.1. The average Bonchev–Trinajstić information content (AvgIpc) is 2.62. The first-order valence-corrected chi connectivity index (χ1v) is 7.78. The van der Waals surface area contributed by atoms with Crippen LogP contribution in [0.1, 0.15) is 16.8 Å². The molecule has 0 aliphatic heterocycles. The fourth-order valence-electron chi connectivity index (χ4n) is 2.39. The highest BCUT2D eigenvalue weighted by atomic mass is 16.5. The maximum Gasteiger partial charge on any atom is 0.150 e. The molecule has 0 saturated carbocycles. The molecule has 0 unspecified atom stereocenters. The Morgan fingerprint density at radius 1 is 0.792 bits per heavy atom. The number of fused-ring (bicyclic) bond motifs is 1. The second-order valence-electron chi connectivity index (χ2n) is 5.43. The fraction of sp³-hybridized carbons (Fsp3) is 0.150. The van der Waals surface area contributed by atoms with Crippen molar-refractivity contribution in [2.45, 2.75) is 6.42 Å². The van der Waals surface area contributed by atoms with Gasteiger partial charge in [-0.05, 0) is 53.2 Å². The van der Waals surface area contributed by atoms with E-state index in [0.717, 1.165) is 35.0 Å². The lowest BCUT2D eigenvalue weighted by molar-refractivity contribution is 0.112. The van der Waals surface area contributed by atoms with Gasteiger partial charge in [0.1, 0.15) is 23.5 Å². The van der Waals surface area contributed by atoms with Gasteiger partial charge in [0, 0.05) is 12.0 Å². The zero-order valence-electron chi connectivity index (χ0n) is 13.1. The van der Waals surface area contributed by atoms with E-state index in [0.29, 0.717) is 18.8 Å². The molecular formula is C20H18O4. The van der Waals surface area contributed by atoms with Gasteiger partial charge in [0.25, 0.3) is 0 Å². The van der Waals surface area contributed by atoms with Crippen molar-refractivity contribution in [3.63, 3.8) is 0 Å². The van der Waals surface area contributed by atoms with Gasteiger partial charge in [-0.15, -0.1) is 0 Å². The van der Waals surface area contributed by atoms with E-state index in [4.69, 9.17) is 9.47 Å². The van der Waals surface area contributed by atoms with Crippen LogP contribution in [-0.2, 0) is 0 Å². The smallest absolute Gasteiger partial charge is 0.150 e. The molecule has 0 heterocycles. The third-order valence-corrected chi connectivity index (χ3v) is 3.63. The largest absolute Gasteiger partial charge is 0.508 e. The van der Waals surface area contributed by atoms with Crippen LogP contribution in [0.25, 0.3) is 10.8 Å². The lowest BCUT2D eigenvalue weighted by atomic mass is 10.1. The predicted octanol–water partition coefficient (Wildman–Crippen LogP) is 4.21. The number of hydrogen-bond donors (Lipinski definition) is 1. The van der Waals surface area contributed by atoms with Crippen LogP contribution >= 0.6 is 0 Å². The molecule has 1 N–H and O–H groups in total. The molecule has 3 aromatic rings. The normalized spacial score (nSPS) is 10.5. The third-order valence-electron chi connectivity index (χ3n) is 3.63. The maximum atomic E-state index is 10.8. The number of ether oxygens (including phenoxy) is 2. The Morgan fingerprint density at radius 3 is 2.17 bits per heavy atom. The van der Waals surface area contributed by atoms with Crippen LogP contribution in [0.5, 0.6) is 17.2 Å². The lowest BCUT2D eigenvalue weighted by Gasteiger charge is -2.09. The predicted molar refractivity (Wildman–Crippen MR) is 93.0 cm³/mol. The van der Waals surface area contributed by atoms with E-state index >= 15 is 0 Å². The fourth-order valence-corrected chi connectivity index (χ4v) is 2.39. The summed E-state index contributed by atoms with van der Waals surface area (Å²) in [6.07, 6.45) is 1.60. The van der Waals surface area contributed by atoms with Crippen LogP contribution < -0.4 is 9.47 Å². The van der Waals surface area contributed by atoms with Gasteiger partial charge in [0.2, 0.25) is 0 Å². The van der Waals surface area contributed by atoms with Crippen molar-refractivity contribution in [3.8, 4) is 17.2 Å². The van der Waals surface area contributed by atoms with Gasteiger partial charge < -0.3 is 14.6 Å². The van der Waals surface area contributed by atoms with E-state index in [1.807, 2.05) is 30.3 Å². The van der Waals surface area contributed by atoms with Gasteiger partial charge >= 0.3 is 0 Å². The van der Waals surface area contributed by atoms with Gasteiger partial charge in [-0.25, -0.2) is 0 Å². The molecule has 0 radical (unpaired) electrons. The molecule has 4 nitrogen and oxygen atoms in total. The summed E-state index contributed by atoms with van der Waals surface area (Å²) in [5.74, 6) is 1.75. The number of carbonyl (C=O) groups is 1. The van der Waals surface area contributed by atoms with E-state index in [2.05, 4.69) is 0 Å². The summed E-state index contributed by atoms with van der Waals surface area (Å²) in [5, 5.41) is 11.3. The first-order chi connectivity index (χ1) is 11.7. The molecule has 4 heteroatoms. The molecule has 0 bridgehead atoms. The van der Waals surface area contributed by atoms with Crippen molar-refractivity contribution in [3.05, 3.63) is 66.2 Å². The van der Waals surface area contributed by atoms with Crippen LogP contribution in [0.4, 0.5) is 0 Å². The number of hydrogen-bond acceptors (Lipinski definition) is 4. The monoisotopic (exact) mass is 322 g/mol. The van der Waals surface area contributed by atoms with E-state index in [-0.39, 0.29) is 5.75 Å². The van der Waals surface area contributed by atoms with Gasteiger partial charge in [0.15, 0.2) is 0 Å². The van der Waals surface area contributed by atoms with Crippen molar-refractivity contribution in [2.75, 3.05) is 13.2 Å². The Bertz CT molecular complexity index is 825. The van der Waals surface area contributed by atoms with Crippen molar-refractivity contribution in [1.29, 1.82) is 0 Å². The molecular weight excluding hydrogens is 304 g/mol. The average molecular weight is 322 g/mol. The standard InChI is InChI=1S/C20H18O4/c21-14-15-2-3-17-13-20(7-4-16(17)12-15)24-11-1-10-23-19-8-5-18(22)6-9-19/h2-9,12-14,22H,1,10-11H2. The number of carbonyl (C=O) groups excluding carboxylic acids is 1. The maximum absolute atomic E-state index is 10.8. The summed E-state index contributed by atoms with van der Waals surface area (Å²) < 4.78 is 11.3. The molecule has 0 aliphatic rings. The number of phenolic OH excluding ortho intramolecular Hbond substituents is 1. The van der Waals surface area contributed by atoms with Crippen LogP contribution in [0.15, 0.2) is 60.7 Å². The first kappa shape index (κ1) is 15.9. The van der Waals surface area contributed by atoms with Crippen LogP contribution in [0.2, 0.25) is 0 Å². The summed E-state index contributed by atoms with van der Waals surface area (Å²) >= 11 is 0. The third kappa shape index (κ3) is 4.04. The van der Waals surface area contributed by atoms with Crippen LogP contribution in [0.3, 0.4) is 0 Å². The molecule has 3 aromatic carbocycles. The van der Waals surface area contributed by atoms with Gasteiger partial charge in [-0.3, -0.25) is 4.79 Å². The molecule has 3 rings (SSSR count). The minimum Gasteiger partial charge on any atom is -0.508 e. The number of aldehydes is 1. The second-order valence-corrected chi connectivity index (χ2v) is 5.43. The van der Waals surface area contributed by atoms with Crippen LogP contribution in [-0.4, -0.2) is 24.6 Å². The van der Waals surface area contributed by atoms with Crippen molar-refractivity contribution in [2.24, 2.45) is 0 Å². The van der Waals surface area contributed by atoms with Crippen molar-refractivity contribution in [1.82, 2.24) is 0 Å². The van der Waals surface area contributed by atoms with E-state index in [9.17, 15) is 9.90 Å². The highest BCUT2D eigenvalue weighted by Gasteiger charge is 2.00. The highest BCUT2D eigenvalue weighted by Crippen LogP contribution is 2.22. The first-order valence-electron chi connectivity index (χ1n) is 7.78. The number of benzene rings is 3. The quantitative estimate of drug-likeness (QED) is 0.523. The molecule has 24 heavy (non-hydrogen) atoms. The van der Waals surface area contributed by atoms with Crippen LogP contribution in [0, 0.1) is 0 Å². The summed E-state index contributed by atoms with van der Waals surface area (Å²) in [6.45, 7) is 1.09. The van der Waals surface area contributed by atoms with Crippen molar-refractivity contribution >= 4 is 17.1 Å². The molecule has 0 aliphatic carbocycles. The Balaban J connectivity index is 1.48. The lowest BCUT2D eigenvalue weighted by Crippen LogP contribution is -2.04. The highest BCUT2D eigenvalue weighted by molar-refractivity contribution is 5.89. The van der Waals surface area contributed by atoms with Gasteiger partial charge in [-0.1, -0.05) is 18.2 Å². The molecule has 0 aromatic heterocycles. The van der Waals surface area contributed by atoms with E-state index < -0.39 is 0 Å². The van der Waals surface area contributed by atoms with Crippen molar-refractivity contribution < 1.29 is 19.4 Å². The summed E-state index contributed by atoms with van der Waals surface area (Å²) in [7, 11) is 0. The number of aromatic hydroxyl groups is 1.